The van der Waals surface area contributed by atoms with Crippen molar-refractivity contribution in [1.29, 1.82) is 0 Å². The summed E-state index contributed by atoms with van der Waals surface area (Å²) in [5.74, 6) is 1.07. The Kier molecular flexibility index (Phi) is 6.62. The number of aromatic nitrogens is 1. The van der Waals surface area contributed by atoms with Gasteiger partial charge in [0.25, 0.3) is 11.8 Å². The third kappa shape index (κ3) is 4.78. The maximum Gasteiger partial charge on any atom is 0.273 e. The van der Waals surface area contributed by atoms with Gasteiger partial charge in [0.2, 0.25) is 0 Å². The monoisotopic (exact) mass is 525 g/mol. The van der Waals surface area contributed by atoms with Crippen LogP contribution in [0, 0.1) is 0 Å². The van der Waals surface area contributed by atoms with E-state index in [4.69, 9.17) is 9.72 Å². The van der Waals surface area contributed by atoms with Crippen molar-refractivity contribution in [2.24, 2.45) is 0 Å². The average molecular weight is 526 g/mol. The number of benzene rings is 3. The van der Waals surface area contributed by atoms with Crippen LogP contribution in [0.4, 0.5) is 0 Å². The summed E-state index contributed by atoms with van der Waals surface area (Å²) in [6.45, 7) is 6.54. The van der Waals surface area contributed by atoms with Crippen LogP contribution in [0.5, 0.6) is 5.75 Å². The number of thiazole rings is 1. The molecular formula is C31H31N3O3S. The molecule has 1 saturated heterocycles. The lowest BCUT2D eigenvalue weighted by atomic mass is 9.95. The van der Waals surface area contributed by atoms with E-state index >= 15 is 0 Å². The van der Waals surface area contributed by atoms with Gasteiger partial charge in [0.05, 0.1) is 11.1 Å². The van der Waals surface area contributed by atoms with Crippen molar-refractivity contribution < 1.29 is 14.3 Å². The molecule has 0 bridgehead atoms. The van der Waals surface area contributed by atoms with Crippen molar-refractivity contribution in [3.05, 3.63) is 93.4 Å². The summed E-state index contributed by atoms with van der Waals surface area (Å²) in [5, 5.41) is 5.40. The summed E-state index contributed by atoms with van der Waals surface area (Å²) in [6.07, 6.45) is 1.80. The van der Waals surface area contributed by atoms with Gasteiger partial charge in [0.15, 0.2) is 0 Å². The summed E-state index contributed by atoms with van der Waals surface area (Å²) in [7, 11) is 0. The van der Waals surface area contributed by atoms with Crippen molar-refractivity contribution in [2.45, 2.75) is 51.8 Å². The van der Waals surface area contributed by atoms with Gasteiger partial charge >= 0.3 is 0 Å². The molecule has 2 amide bonds. The zero-order valence-corrected chi connectivity index (χ0v) is 22.5. The fourth-order valence-electron chi connectivity index (χ4n) is 5.57. The second-order valence-electron chi connectivity index (χ2n) is 10.4. The molecule has 0 radical (unpaired) electrons. The predicted molar refractivity (Wildman–Crippen MR) is 150 cm³/mol. The Bertz CT molecular complexity index is 1450. The van der Waals surface area contributed by atoms with Gasteiger partial charge < -0.3 is 14.5 Å². The Morgan fingerprint density at radius 1 is 0.895 bits per heavy atom. The number of rotatable bonds is 5. The first-order valence-electron chi connectivity index (χ1n) is 13.3. The molecule has 1 fully saturated rings. The van der Waals surface area contributed by atoms with Gasteiger partial charge in [-0.25, -0.2) is 4.98 Å². The fraction of sp³-hybridized carbons (Fsp3) is 0.323. The van der Waals surface area contributed by atoms with E-state index in [9.17, 15) is 9.59 Å². The van der Waals surface area contributed by atoms with E-state index in [0.717, 1.165) is 23.6 Å². The standard InChI is InChI=1S/C31H31N3O3S/c1-20(2)37-26-11-9-23(10-12-26)30(35)33-15-13-22(14-16-33)29-32-27(19-38-29)31(36)34-17-24-7-3-5-21-6-4-8-25(18-34)28(21)24/h3-12,19-20,22H,13-18H2,1-2H3. The van der Waals surface area contributed by atoms with E-state index < -0.39 is 0 Å². The van der Waals surface area contributed by atoms with Gasteiger partial charge in [-0.05, 0) is 72.9 Å². The normalized spacial score (nSPS) is 15.8. The van der Waals surface area contributed by atoms with Crippen molar-refractivity contribution in [1.82, 2.24) is 14.8 Å². The number of nitrogens with zero attached hydrogens (tertiary/aromatic N) is 3. The minimum absolute atomic E-state index is 0.0171. The molecule has 0 spiro atoms. The topological polar surface area (TPSA) is 62.7 Å². The summed E-state index contributed by atoms with van der Waals surface area (Å²) in [5.41, 5.74) is 3.58. The van der Waals surface area contributed by atoms with E-state index in [1.165, 1.54) is 21.9 Å². The van der Waals surface area contributed by atoms with Gasteiger partial charge in [-0.3, -0.25) is 9.59 Å². The first-order valence-corrected chi connectivity index (χ1v) is 14.1. The molecule has 2 aliphatic rings. The van der Waals surface area contributed by atoms with Crippen molar-refractivity contribution in [2.75, 3.05) is 13.1 Å². The molecule has 6 nitrogen and oxygen atoms in total. The highest BCUT2D eigenvalue weighted by Crippen LogP contribution is 2.33. The zero-order chi connectivity index (χ0) is 26.2. The average Bonchev–Trinajstić information content (AvgIpc) is 3.43. The van der Waals surface area contributed by atoms with Crippen LogP contribution in [0.1, 0.15) is 69.6 Å². The van der Waals surface area contributed by atoms with Crippen LogP contribution >= 0.6 is 11.3 Å². The smallest absolute Gasteiger partial charge is 0.273 e. The Morgan fingerprint density at radius 2 is 1.55 bits per heavy atom. The first kappa shape index (κ1) is 24.6. The van der Waals surface area contributed by atoms with Gasteiger partial charge in [-0.1, -0.05) is 36.4 Å². The molecule has 194 valence electrons. The quantitative estimate of drug-likeness (QED) is 0.309. The summed E-state index contributed by atoms with van der Waals surface area (Å²) < 4.78 is 5.69. The Balaban J connectivity index is 1.08. The number of ether oxygens (including phenoxy) is 1. The SMILES string of the molecule is CC(C)Oc1ccc(C(=O)N2CCC(c3nc(C(=O)N4Cc5cccc6cccc(c56)C4)cs3)CC2)cc1. The predicted octanol–water partition coefficient (Wildman–Crippen LogP) is 6.26. The van der Waals surface area contributed by atoms with Crippen molar-refractivity contribution in [3.63, 3.8) is 0 Å². The number of hydrogen-bond donors (Lipinski definition) is 0. The van der Waals surface area contributed by atoms with Crippen LogP contribution in [0.2, 0.25) is 0 Å². The summed E-state index contributed by atoms with van der Waals surface area (Å²) in [4.78, 5) is 35.0. The van der Waals surface area contributed by atoms with Gasteiger partial charge in [-0.2, -0.15) is 0 Å². The Morgan fingerprint density at radius 3 is 2.18 bits per heavy atom. The summed E-state index contributed by atoms with van der Waals surface area (Å²) in [6, 6.07) is 20.0. The Hall–Kier alpha value is -3.71. The fourth-order valence-corrected chi connectivity index (χ4v) is 6.54. The largest absolute Gasteiger partial charge is 0.491 e. The van der Waals surface area contributed by atoms with Crippen molar-refractivity contribution in [3.8, 4) is 5.75 Å². The van der Waals surface area contributed by atoms with Crippen LogP contribution in [0.15, 0.2) is 66.0 Å². The number of carbonyl (C=O) groups excluding carboxylic acids is 2. The highest BCUT2D eigenvalue weighted by Gasteiger charge is 2.29. The molecular weight excluding hydrogens is 494 g/mol. The molecule has 2 aliphatic heterocycles. The number of hydrogen-bond acceptors (Lipinski definition) is 5. The molecule has 3 aromatic carbocycles. The molecule has 1 aromatic heterocycles. The van der Waals surface area contributed by atoms with Crippen molar-refractivity contribution >= 4 is 33.9 Å². The molecule has 38 heavy (non-hydrogen) atoms. The lowest BCUT2D eigenvalue weighted by Crippen LogP contribution is -2.38. The number of likely N-dealkylation sites (tertiary alicyclic amines) is 1. The lowest BCUT2D eigenvalue weighted by Gasteiger charge is -2.31. The minimum Gasteiger partial charge on any atom is -0.491 e. The molecule has 7 heteroatoms. The van der Waals surface area contributed by atoms with E-state index in [1.807, 2.05) is 53.3 Å². The number of carbonyl (C=O) groups is 2. The van der Waals surface area contributed by atoms with Gasteiger partial charge in [0, 0.05) is 43.0 Å². The van der Waals surface area contributed by atoms with E-state index in [0.29, 0.717) is 37.4 Å². The highest BCUT2D eigenvalue weighted by atomic mass is 32.1. The van der Waals surface area contributed by atoms with Crippen LogP contribution in [-0.2, 0) is 13.1 Å². The lowest BCUT2D eigenvalue weighted by molar-refractivity contribution is 0.0712. The molecule has 0 unspecified atom stereocenters. The molecule has 3 heterocycles. The molecule has 0 N–H and O–H groups in total. The van der Waals surface area contributed by atoms with E-state index in [-0.39, 0.29) is 23.8 Å². The maximum atomic E-state index is 13.4. The van der Waals surface area contributed by atoms with E-state index in [2.05, 4.69) is 36.4 Å². The van der Waals surface area contributed by atoms with Crippen LogP contribution < -0.4 is 4.74 Å². The van der Waals surface area contributed by atoms with Crippen LogP contribution in [-0.4, -0.2) is 45.8 Å². The minimum atomic E-state index is -0.0171. The first-order chi connectivity index (χ1) is 18.5. The third-order valence-corrected chi connectivity index (χ3v) is 8.44. The highest BCUT2D eigenvalue weighted by molar-refractivity contribution is 7.09. The second-order valence-corrected chi connectivity index (χ2v) is 11.3. The van der Waals surface area contributed by atoms with E-state index in [1.54, 1.807) is 11.3 Å². The maximum absolute atomic E-state index is 13.4. The Labute approximate surface area is 226 Å². The van der Waals surface area contributed by atoms with Gasteiger partial charge in [0.1, 0.15) is 11.4 Å². The molecule has 6 rings (SSSR count). The number of piperidine rings is 1. The third-order valence-electron chi connectivity index (χ3n) is 7.43. The molecule has 4 aromatic rings. The van der Waals surface area contributed by atoms with Gasteiger partial charge in [-0.15, -0.1) is 11.3 Å². The second kappa shape index (κ2) is 10.2. The van der Waals surface area contributed by atoms with Crippen LogP contribution in [0.25, 0.3) is 10.8 Å². The summed E-state index contributed by atoms with van der Waals surface area (Å²) >= 11 is 1.56. The number of amides is 2. The zero-order valence-electron chi connectivity index (χ0n) is 21.7. The van der Waals surface area contributed by atoms with Crippen LogP contribution in [0.3, 0.4) is 0 Å². The molecule has 0 saturated carbocycles. The molecule has 0 aliphatic carbocycles. The molecule has 0 atom stereocenters.